The van der Waals surface area contributed by atoms with E-state index in [1.54, 1.807) is 13.8 Å². The number of carbonyl (C=O) groups excluding carboxylic acids is 1. The first-order valence-corrected chi connectivity index (χ1v) is 7.84. The van der Waals surface area contributed by atoms with Crippen LogP contribution >= 0.6 is 0 Å². The van der Waals surface area contributed by atoms with E-state index in [0.29, 0.717) is 5.69 Å². The number of amides is 1. The van der Waals surface area contributed by atoms with E-state index < -0.39 is 23.6 Å². The van der Waals surface area contributed by atoms with Gasteiger partial charge < -0.3 is 10.4 Å². The molecule has 1 aromatic carbocycles. The molecule has 26 heavy (non-hydrogen) atoms. The number of nitrogens with one attached hydrogen (secondary N) is 1. The van der Waals surface area contributed by atoms with Gasteiger partial charge in [-0.1, -0.05) is 6.07 Å². The second kappa shape index (κ2) is 7.59. The number of aliphatic carboxylic acids is 1. The normalized spacial score (nSPS) is 12.7. The molecule has 1 unspecified atom stereocenters. The average Bonchev–Trinajstić information content (AvgIpc) is 2.94. The summed E-state index contributed by atoms with van der Waals surface area (Å²) in [6, 6.07) is 4.28. The quantitative estimate of drug-likeness (QED) is 0.819. The minimum atomic E-state index is -4.48. The number of carbonyl (C=O) groups is 2. The molecule has 2 aromatic rings. The summed E-state index contributed by atoms with van der Waals surface area (Å²) in [5, 5.41) is 15.3. The number of hydrogen-bond donors (Lipinski definition) is 2. The highest BCUT2D eigenvalue weighted by atomic mass is 19.4. The van der Waals surface area contributed by atoms with E-state index in [1.165, 1.54) is 23.0 Å². The first kappa shape index (κ1) is 19.5. The van der Waals surface area contributed by atoms with Gasteiger partial charge in [0.2, 0.25) is 0 Å². The molecule has 2 rings (SSSR count). The number of alkyl halides is 3. The van der Waals surface area contributed by atoms with Gasteiger partial charge in [0, 0.05) is 12.5 Å². The van der Waals surface area contributed by atoms with E-state index in [1.807, 2.05) is 0 Å². The van der Waals surface area contributed by atoms with Gasteiger partial charge in [0.25, 0.3) is 5.91 Å². The van der Waals surface area contributed by atoms with Crippen LogP contribution in [-0.4, -0.2) is 32.8 Å². The zero-order valence-corrected chi connectivity index (χ0v) is 14.2. The predicted octanol–water partition coefficient (Wildman–Crippen LogP) is 3.18. The second-order valence-corrected chi connectivity index (χ2v) is 5.91. The first-order valence-electron chi connectivity index (χ1n) is 7.84. The van der Waals surface area contributed by atoms with Gasteiger partial charge in [-0.15, -0.1) is 0 Å². The van der Waals surface area contributed by atoms with Crippen molar-refractivity contribution in [3.05, 3.63) is 47.3 Å². The number of carboxylic acids is 1. The molecule has 0 bridgehead atoms. The summed E-state index contributed by atoms with van der Waals surface area (Å²) in [5.74, 6) is -1.42. The van der Waals surface area contributed by atoms with Gasteiger partial charge in [0.1, 0.15) is 0 Å². The van der Waals surface area contributed by atoms with Crippen LogP contribution in [0.4, 0.5) is 13.2 Å². The highest BCUT2D eigenvalue weighted by Crippen LogP contribution is 2.30. The lowest BCUT2D eigenvalue weighted by atomic mass is 10.1. The van der Waals surface area contributed by atoms with Crippen LogP contribution in [0.5, 0.6) is 0 Å². The maximum atomic E-state index is 12.9. The zero-order valence-electron chi connectivity index (χ0n) is 14.2. The lowest BCUT2D eigenvalue weighted by Gasteiger charge is -2.13. The van der Waals surface area contributed by atoms with Gasteiger partial charge in [-0.05, 0) is 38.5 Å². The first-order chi connectivity index (χ1) is 12.1. The Morgan fingerprint density at radius 1 is 1.35 bits per heavy atom. The number of carboxylic acid groups (broad SMARTS) is 1. The number of aromatic nitrogens is 2. The number of rotatable bonds is 6. The third kappa shape index (κ3) is 4.62. The van der Waals surface area contributed by atoms with Crippen LogP contribution in [0.15, 0.2) is 30.5 Å². The standard InChI is InChI=1S/C17H18F3N3O3/c1-10(6-7-15(24)25)22-16(26)14-9-21-23(11(14)2)13-5-3-4-12(8-13)17(18,19)20/h3-5,8-10H,6-7H2,1-2H3,(H,22,26)(H,24,25). The maximum Gasteiger partial charge on any atom is 0.416 e. The summed E-state index contributed by atoms with van der Waals surface area (Å²) in [7, 11) is 0. The van der Waals surface area contributed by atoms with E-state index >= 15 is 0 Å². The molecule has 0 aliphatic rings. The predicted molar refractivity (Wildman–Crippen MR) is 87.1 cm³/mol. The molecule has 0 spiro atoms. The van der Waals surface area contributed by atoms with Crippen LogP contribution in [0, 0.1) is 6.92 Å². The topological polar surface area (TPSA) is 84.2 Å². The van der Waals surface area contributed by atoms with Gasteiger partial charge in [-0.2, -0.15) is 18.3 Å². The molecule has 6 nitrogen and oxygen atoms in total. The summed E-state index contributed by atoms with van der Waals surface area (Å²) in [5.41, 5.74) is -0.0228. The molecule has 0 aliphatic carbocycles. The van der Waals surface area contributed by atoms with Gasteiger partial charge in [-0.25, -0.2) is 4.68 Å². The molecular formula is C17H18F3N3O3. The Kier molecular flexibility index (Phi) is 5.69. The number of halogens is 3. The fraction of sp³-hybridized carbons (Fsp3) is 0.353. The summed E-state index contributed by atoms with van der Waals surface area (Å²) < 4.78 is 39.8. The molecule has 0 radical (unpaired) electrons. The fourth-order valence-corrected chi connectivity index (χ4v) is 2.42. The molecule has 140 valence electrons. The smallest absolute Gasteiger partial charge is 0.416 e. The molecule has 2 N–H and O–H groups in total. The molecular weight excluding hydrogens is 351 g/mol. The molecule has 0 saturated carbocycles. The van der Waals surface area contributed by atoms with Crippen LogP contribution in [-0.2, 0) is 11.0 Å². The lowest BCUT2D eigenvalue weighted by molar-refractivity contribution is -0.138. The molecule has 0 aliphatic heterocycles. The van der Waals surface area contributed by atoms with E-state index in [0.717, 1.165) is 12.1 Å². The Hall–Kier alpha value is -2.84. The maximum absolute atomic E-state index is 12.9. The van der Waals surface area contributed by atoms with Gasteiger partial charge in [0.15, 0.2) is 0 Å². The highest BCUT2D eigenvalue weighted by Gasteiger charge is 2.30. The van der Waals surface area contributed by atoms with Crippen molar-refractivity contribution in [2.24, 2.45) is 0 Å². The van der Waals surface area contributed by atoms with Crippen LogP contribution in [0.2, 0.25) is 0 Å². The Labute approximate surface area is 147 Å². The van der Waals surface area contributed by atoms with Crippen LogP contribution in [0.3, 0.4) is 0 Å². The largest absolute Gasteiger partial charge is 0.481 e. The SMILES string of the molecule is Cc1c(C(=O)NC(C)CCC(=O)O)cnn1-c1cccc(C(F)(F)F)c1. The minimum Gasteiger partial charge on any atom is -0.481 e. The molecule has 9 heteroatoms. The Balaban J connectivity index is 2.20. The molecule has 1 atom stereocenters. The second-order valence-electron chi connectivity index (χ2n) is 5.91. The van der Waals surface area contributed by atoms with Crippen molar-refractivity contribution in [2.75, 3.05) is 0 Å². The summed E-state index contributed by atoms with van der Waals surface area (Å²) in [4.78, 5) is 22.9. The van der Waals surface area contributed by atoms with E-state index in [-0.39, 0.29) is 30.1 Å². The third-order valence-corrected chi connectivity index (χ3v) is 3.84. The van der Waals surface area contributed by atoms with E-state index in [9.17, 15) is 22.8 Å². The Bertz CT molecular complexity index is 815. The molecule has 1 amide bonds. The fourth-order valence-electron chi connectivity index (χ4n) is 2.42. The van der Waals surface area contributed by atoms with Gasteiger partial charge >= 0.3 is 12.1 Å². The van der Waals surface area contributed by atoms with Crippen molar-refractivity contribution < 1.29 is 27.9 Å². The van der Waals surface area contributed by atoms with Crippen LogP contribution in [0.25, 0.3) is 5.69 Å². The van der Waals surface area contributed by atoms with E-state index in [4.69, 9.17) is 5.11 Å². The highest BCUT2D eigenvalue weighted by molar-refractivity contribution is 5.95. The summed E-state index contributed by atoms with van der Waals surface area (Å²) >= 11 is 0. The van der Waals surface area contributed by atoms with Crippen molar-refractivity contribution in [2.45, 2.75) is 38.9 Å². The molecule has 1 aromatic heterocycles. The van der Waals surface area contributed by atoms with Crippen molar-refractivity contribution in [1.82, 2.24) is 15.1 Å². The Morgan fingerprint density at radius 2 is 2.04 bits per heavy atom. The van der Waals surface area contributed by atoms with Crippen LogP contribution in [0.1, 0.15) is 41.4 Å². The third-order valence-electron chi connectivity index (χ3n) is 3.84. The van der Waals surface area contributed by atoms with Crippen molar-refractivity contribution in [1.29, 1.82) is 0 Å². The zero-order chi connectivity index (χ0) is 19.5. The minimum absolute atomic E-state index is 0.0794. The Morgan fingerprint density at radius 3 is 2.65 bits per heavy atom. The average molecular weight is 369 g/mol. The van der Waals surface area contributed by atoms with Gasteiger partial charge in [-0.3, -0.25) is 9.59 Å². The monoisotopic (exact) mass is 369 g/mol. The van der Waals surface area contributed by atoms with Crippen molar-refractivity contribution in [3.63, 3.8) is 0 Å². The van der Waals surface area contributed by atoms with Crippen LogP contribution < -0.4 is 5.32 Å². The molecule has 1 heterocycles. The summed E-state index contributed by atoms with van der Waals surface area (Å²) in [6.07, 6.45) is -3.02. The lowest BCUT2D eigenvalue weighted by Crippen LogP contribution is -2.33. The molecule has 0 saturated heterocycles. The molecule has 0 fully saturated rings. The van der Waals surface area contributed by atoms with Crippen molar-refractivity contribution in [3.8, 4) is 5.69 Å². The number of hydrogen-bond acceptors (Lipinski definition) is 3. The van der Waals surface area contributed by atoms with E-state index in [2.05, 4.69) is 10.4 Å². The number of nitrogens with zero attached hydrogens (tertiary/aromatic N) is 2. The van der Waals surface area contributed by atoms with Gasteiger partial charge in [0.05, 0.1) is 28.7 Å². The van der Waals surface area contributed by atoms with Crippen molar-refractivity contribution >= 4 is 11.9 Å². The summed E-state index contributed by atoms with van der Waals surface area (Å²) in [6.45, 7) is 3.25. The number of benzene rings is 1.